The first-order valence-corrected chi connectivity index (χ1v) is 9.31. The highest BCUT2D eigenvalue weighted by atomic mass is 16.4. The maximum atomic E-state index is 12.3. The van der Waals surface area contributed by atoms with Crippen molar-refractivity contribution in [3.05, 3.63) is 58.6 Å². The number of benzene rings is 2. The van der Waals surface area contributed by atoms with Gasteiger partial charge in [-0.3, -0.25) is 14.6 Å². The first-order chi connectivity index (χ1) is 13.5. The molecule has 0 spiro atoms. The molecule has 3 aromatic rings. The van der Waals surface area contributed by atoms with Crippen molar-refractivity contribution in [2.75, 3.05) is 23.3 Å². The van der Waals surface area contributed by atoms with Crippen LogP contribution in [0, 0.1) is 0 Å². The van der Waals surface area contributed by atoms with Gasteiger partial charge in [-0.15, -0.1) is 0 Å². The minimum Gasteiger partial charge on any atom is -0.408 e. The number of amides is 1. The number of aromatic nitrogens is 1. The number of nitrogens with zero attached hydrogens (tertiary/aromatic N) is 1. The van der Waals surface area contributed by atoms with Crippen molar-refractivity contribution in [2.45, 2.75) is 26.7 Å². The molecule has 0 unspecified atom stereocenters. The van der Waals surface area contributed by atoms with E-state index < -0.39 is 5.76 Å². The van der Waals surface area contributed by atoms with Crippen LogP contribution < -0.4 is 16.0 Å². The Balaban J connectivity index is 1.55. The Hall–Kier alpha value is -3.35. The molecule has 0 fully saturated rings. The zero-order valence-electron chi connectivity index (χ0n) is 16.0. The second kappa shape index (κ2) is 8.56. The van der Waals surface area contributed by atoms with Gasteiger partial charge in [0.2, 0.25) is 5.91 Å². The summed E-state index contributed by atoms with van der Waals surface area (Å²) < 4.78 is 4.96. The molecule has 0 saturated heterocycles. The highest BCUT2D eigenvalue weighted by Crippen LogP contribution is 2.18. The zero-order chi connectivity index (χ0) is 20.1. The predicted molar refractivity (Wildman–Crippen MR) is 109 cm³/mol. The van der Waals surface area contributed by atoms with E-state index in [1.807, 2.05) is 24.3 Å². The molecule has 146 valence electrons. The Kier molecular flexibility index (Phi) is 5.93. The highest BCUT2D eigenvalue weighted by molar-refractivity contribution is 6.01. The Labute approximate surface area is 162 Å². The summed E-state index contributed by atoms with van der Waals surface area (Å²) in [6, 6.07) is 12.4. The molecule has 1 heterocycles. The van der Waals surface area contributed by atoms with Gasteiger partial charge >= 0.3 is 5.76 Å². The largest absolute Gasteiger partial charge is 0.417 e. The van der Waals surface area contributed by atoms with Crippen molar-refractivity contribution in [1.29, 1.82) is 0 Å². The predicted octanol–water partition coefficient (Wildman–Crippen LogP) is 3.57. The lowest BCUT2D eigenvalue weighted by Gasteiger charge is -2.21. The Bertz CT molecular complexity index is 1030. The van der Waals surface area contributed by atoms with E-state index in [0.717, 1.165) is 18.8 Å². The molecule has 2 aromatic carbocycles. The summed E-state index contributed by atoms with van der Waals surface area (Å²) in [6.45, 7) is 6.03. The van der Waals surface area contributed by atoms with E-state index in [4.69, 9.17) is 4.42 Å². The van der Waals surface area contributed by atoms with Gasteiger partial charge in [0, 0.05) is 42.9 Å². The van der Waals surface area contributed by atoms with Gasteiger partial charge in [-0.05, 0) is 56.3 Å². The summed E-state index contributed by atoms with van der Waals surface area (Å²) in [7, 11) is 0. The van der Waals surface area contributed by atoms with Crippen LogP contribution in [0.2, 0.25) is 0 Å². The fourth-order valence-electron chi connectivity index (χ4n) is 3.06. The summed E-state index contributed by atoms with van der Waals surface area (Å²) >= 11 is 0. The number of aromatic amines is 1. The molecule has 0 bridgehead atoms. The lowest BCUT2D eigenvalue weighted by molar-refractivity contribution is -0.116. The molecule has 1 amide bonds. The third-order valence-electron chi connectivity index (χ3n) is 4.60. The molecule has 0 radical (unpaired) electrons. The van der Waals surface area contributed by atoms with Crippen LogP contribution >= 0.6 is 0 Å². The summed E-state index contributed by atoms with van der Waals surface area (Å²) in [5, 5.41) is 2.81. The fraction of sp³-hybridized carbons (Fsp3) is 0.286. The van der Waals surface area contributed by atoms with Gasteiger partial charge in [-0.25, -0.2) is 4.79 Å². The van der Waals surface area contributed by atoms with Crippen LogP contribution in [-0.4, -0.2) is 29.8 Å². The molecule has 28 heavy (non-hydrogen) atoms. The number of hydrogen-bond acceptors (Lipinski definition) is 5. The average Bonchev–Trinajstić information content (AvgIpc) is 3.07. The monoisotopic (exact) mass is 381 g/mol. The van der Waals surface area contributed by atoms with Crippen LogP contribution in [0.15, 0.2) is 51.7 Å². The van der Waals surface area contributed by atoms with Gasteiger partial charge in [-0.2, -0.15) is 0 Å². The number of fused-ring (bicyclic) bond motifs is 1. The molecular weight excluding hydrogens is 358 g/mol. The smallest absolute Gasteiger partial charge is 0.408 e. The Morgan fingerprint density at radius 3 is 2.43 bits per heavy atom. The number of ketones is 1. The molecule has 7 heteroatoms. The lowest BCUT2D eigenvalue weighted by Crippen LogP contribution is -2.21. The average molecular weight is 381 g/mol. The molecule has 0 atom stereocenters. The van der Waals surface area contributed by atoms with E-state index in [2.05, 4.69) is 29.0 Å². The minimum absolute atomic E-state index is 0.0729. The van der Waals surface area contributed by atoms with E-state index in [9.17, 15) is 14.4 Å². The van der Waals surface area contributed by atoms with Crippen LogP contribution in [0.3, 0.4) is 0 Å². The first-order valence-electron chi connectivity index (χ1n) is 9.31. The number of Topliss-reactive ketones (excluding diaryl/α,β-unsaturated/α-hetero) is 1. The molecule has 0 aliphatic rings. The van der Waals surface area contributed by atoms with Crippen molar-refractivity contribution in [3.8, 4) is 0 Å². The molecular formula is C21H23N3O4. The van der Waals surface area contributed by atoms with Crippen molar-refractivity contribution < 1.29 is 14.0 Å². The van der Waals surface area contributed by atoms with Crippen LogP contribution in [0.1, 0.15) is 37.0 Å². The third-order valence-corrected chi connectivity index (χ3v) is 4.60. The van der Waals surface area contributed by atoms with Crippen molar-refractivity contribution >= 4 is 34.2 Å². The van der Waals surface area contributed by atoms with E-state index >= 15 is 0 Å². The number of anilines is 2. The van der Waals surface area contributed by atoms with E-state index in [1.165, 1.54) is 6.07 Å². The molecule has 0 aliphatic heterocycles. The topological polar surface area (TPSA) is 95.4 Å². The van der Waals surface area contributed by atoms with Crippen molar-refractivity contribution in [3.63, 3.8) is 0 Å². The normalized spacial score (nSPS) is 10.8. The second-order valence-electron chi connectivity index (χ2n) is 6.42. The minimum atomic E-state index is -0.564. The molecule has 1 aromatic heterocycles. The number of nitrogens with one attached hydrogen (secondary N) is 2. The maximum absolute atomic E-state index is 12.3. The second-order valence-corrected chi connectivity index (χ2v) is 6.42. The van der Waals surface area contributed by atoms with Gasteiger partial charge in [0.05, 0.1) is 5.52 Å². The molecule has 3 rings (SSSR count). The zero-order valence-corrected chi connectivity index (χ0v) is 16.0. The standard InChI is InChI=1S/C21H23N3O4/c1-3-24(4-2)16-8-6-15(7-9-16)22-20(26)12-11-18(25)14-5-10-17-19(13-14)28-21(27)23-17/h5-10,13H,3-4,11-12H2,1-2H3,(H,22,26)(H,23,27). The fourth-order valence-corrected chi connectivity index (χ4v) is 3.06. The Morgan fingerprint density at radius 1 is 1.04 bits per heavy atom. The third kappa shape index (κ3) is 4.49. The number of rotatable bonds is 8. The molecule has 0 aliphatic carbocycles. The number of oxazole rings is 1. The number of H-pyrrole nitrogens is 1. The van der Waals surface area contributed by atoms with Crippen LogP contribution in [0.4, 0.5) is 11.4 Å². The maximum Gasteiger partial charge on any atom is 0.417 e. The lowest BCUT2D eigenvalue weighted by atomic mass is 10.1. The Morgan fingerprint density at radius 2 is 1.75 bits per heavy atom. The van der Waals surface area contributed by atoms with E-state index in [-0.39, 0.29) is 24.5 Å². The molecule has 7 nitrogen and oxygen atoms in total. The SMILES string of the molecule is CCN(CC)c1ccc(NC(=O)CCC(=O)c2ccc3[nH]c(=O)oc3c2)cc1. The van der Waals surface area contributed by atoms with Gasteiger partial charge < -0.3 is 14.6 Å². The summed E-state index contributed by atoms with van der Waals surface area (Å²) in [5.41, 5.74) is 3.07. The summed E-state index contributed by atoms with van der Waals surface area (Å²) in [4.78, 5) is 40.4. The van der Waals surface area contributed by atoms with Crippen LogP contribution in [0.5, 0.6) is 0 Å². The molecule has 2 N–H and O–H groups in total. The van der Waals surface area contributed by atoms with E-state index in [1.54, 1.807) is 12.1 Å². The van der Waals surface area contributed by atoms with Gasteiger partial charge in [0.25, 0.3) is 0 Å². The van der Waals surface area contributed by atoms with E-state index in [0.29, 0.717) is 22.4 Å². The van der Waals surface area contributed by atoms with Crippen molar-refractivity contribution in [1.82, 2.24) is 4.98 Å². The van der Waals surface area contributed by atoms with Crippen LogP contribution in [0.25, 0.3) is 11.1 Å². The van der Waals surface area contributed by atoms with Crippen LogP contribution in [-0.2, 0) is 4.79 Å². The molecule has 0 saturated carbocycles. The first kappa shape index (κ1) is 19.4. The summed E-state index contributed by atoms with van der Waals surface area (Å²) in [6.07, 6.45) is 0.148. The van der Waals surface area contributed by atoms with Gasteiger partial charge in [0.15, 0.2) is 11.4 Å². The van der Waals surface area contributed by atoms with Gasteiger partial charge in [0.1, 0.15) is 0 Å². The van der Waals surface area contributed by atoms with Gasteiger partial charge in [-0.1, -0.05) is 0 Å². The quantitative estimate of drug-likeness (QED) is 0.582. The number of hydrogen-bond donors (Lipinski definition) is 2. The number of carbonyl (C=O) groups excluding carboxylic acids is 2. The summed E-state index contributed by atoms with van der Waals surface area (Å²) in [5.74, 6) is -0.970. The number of carbonyl (C=O) groups is 2. The highest BCUT2D eigenvalue weighted by Gasteiger charge is 2.12. The van der Waals surface area contributed by atoms with Crippen molar-refractivity contribution in [2.24, 2.45) is 0 Å².